The lowest BCUT2D eigenvalue weighted by Gasteiger charge is -2.31. The van der Waals surface area contributed by atoms with Crippen molar-refractivity contribution in [1.29, 1.82) is 0 Å². The second-order valence-corrected chi connectivity index (χ2v) is 6.98. The molecule has 1 aliphatic rings. The van der Waals surface area contributed by atoms with Crippen LogP contribution >= 0.6 is 0 Å². The van der Waals surface area contributed by atoms with Crippen LogP contribution in [0.5, 0.6) is 0 Å². The molecule has 1 heterocycles. The second-order valence-electron chi connectivity index (χ2n) is 6.98. The number of epoxide rings is 1. The first-order valence-electron chi connectivity index (χ1n) is 7.91. The van der Waals surface area contributed by atoms with Gasteiger partial charge in [0.2, 0.25) is 0 Å². The minimum atomic E-state index is 0.435. The summed E-state index contributed by atoms with van der Waals surface area (Å²) in [6.07, 6.45) is 0.870. The van der Waals surface area contributed by atoms with Gasteiger partial charge >= 0.3 is 0 Å². The van der Waals surface area contributed by atoms with Crippen LogP contribution in [0.3, 0.4) is 0 Å². The molecule has 0 aromatic carbocycles. The van der Waals surface area contributed by atoms with Gasteiger partial charge in [-0.25, -0.2) is 0 Å². The standard InChI is InChI=1S/C16H34N2O/c1-11(2)17(12(3)4)9-15-16(19-15)10-18(13(5)6)14(7)8/h11-16H,9-10H2,1-8H3. The molecular formula is C16H34N2O. The molecule has 1 fully saturated rings. The minimum absolute atomic E-state index is 0.435. The van der Waals surface area contributed by atoms with Crippen molar-refractivity contribution in [2.75, 3.05) is 13.1 Å². The summed E-state index contributed by atoms with van der Waals surface area (Å²) < 4.78 is 5.90. The van der Waals surface area contributed by atoms with Gasteiger partial charge in [-0.2, -0.15) is 0 Å². The van der Waals surface area contributed by atoms with Crippen LogP contribution in [-0.4, -0.2) is 59.3 Å². The van der Waals surface area contributed by atoms with E-state index in [-0.39, 0.29) is 0 Å². The second kappa shape index (κ2) is 7.05. The molecule has 0 aromatic rings. The van der Waals surface area contributed by atoms with Gasteiger partial charge < -0.3 is 4.74 Å². The van der Waals surface area contributed by atoms with Crippen molar-refractivity contribution in [1.82, 2.24) is 9.80 Å². The Morgan fingerprint density at radius 2 is 0.895 bits per heavy atom. The van der Waals surface area contributed by atoms with Crippen molar-refractivity contribution in [3.05, 3.63) is 0 Å². The zero-order valence-electron chi connectivity index (χ0n) is 14.2. The maximum atomic E-state index is 5.90. The van der Waals surface area contributed by atoms with Crippen LogP contribution < -0.4 is 0 Å². The lowest BCUT2D eigenvalue weighted by atomic mass is 10.1. The fraction of sp³-hybridized carbons (Fsp3) is 1.00. The van der Waals surface area contributed by atoms with Crippen molar-refractivity contribution in [3.63, 3.8) is 0 Å². The van der Waals surface area contributed by atoms with Crippen LogP contribution in [0, 0.1) is 0 Å². The Balaban J connectivity index is 2.42. The Labute approximate surface area is 120 Å². The number of ether oxygens (including phenoxy) is 1. The average Bonchev–Trinajstić information content (AvgIpc) is 2.99. The molecule has 0 aliphatic carbocycles. The molecular weight excluding hydrogens is 236 g/mol. The quantitative estimate of drug-likeness (QED) is 0.632. The molecule has 0 N–H and O–H groups in total. The minimum Gasteiger partial charge on any atom is -0.367 e. The predicted octanol–water partition coefficient (Wildman–Crippen LogP) is 2.99. The highest BCUT2D eigenvalue weighted by molar-refractivity contribution is 4.92. The molecule has 0 radical (unpaired) electrons. The van der Waals surface area contributed by atoms with E-state index in [2.05, 4.69) is 65.2 Å². The summed E-state index contributed by atoms with van der Waals surface area (Å²) in [5, 5.41) is 0. The van der Waals surface area contributed by atoms with Crippen LogP contribution in [0.4, 0.5) is 0 Å². The Kier molecular flexibility index (Phi) is 6.28. The highest BCUT2D eigenvalue weighted by Gasteiger charge is 2.42. The number of hydrogen-bond donors (Lipinski definition) is 0. The Morgan fingerprint density at radius 1 is 0.632 bits per heavy atom. The first-order chi connectivity index (χ1) is 8.73. The van der Waals surface area contributed by atoms with Crippen LogP contribution in [0.25, 0.3) is 0 Å². The summed E-state index contributed by atoms with van der Waals surface area (Å²) in [6.45, 7) is 20.3. The first kappa shape index (κ1) is 16.9. The predicted molar refractivity (Wildman–Crippen MR) is 82.6 cm³/mol. The summed E-state index contributed by atoms with van der Waals surface area (Å²) in [5.74, 6) is 0. The van der Waals surface area contributed by atoms with Gasteiger partial charge in [-0.05, 0) is 55.4 Å². The van der Waals surface area contributed by atoms with E-state index in [9.17, 15) is 0 Å². The molecule has 0 amide bonds. The summed E-state index contributed by atoms with van der Waals surface area (Å²) in [4.78, 5) is 5.06. The number of hydrogen-bond acceptors (Lipinski definition) is 3. The maximum absolute atomic E-state index is 5.90. The van der Waals surface area contributed by atoms with Gasteiger partial charge in [0.1, 0.15) is 0 Å². The maximum Gasteiger partial charge on any atom is 0.0981 e. The fourth-order valence-corrected chi connectivity index (χ4v) is 2.95. The van der Waals surface area contributed by atoms with Crippen molar-refractivity contribution >= 4 is 0 Å². The van der Waals surface area contributed by atoms with Crippen LogP contribution in [-0.2, 0) is 4.74 Å². The third-order valence-corrected chi connectivity index (χ3v) is 4.12. The number of rotatable bonds is 8. The monoisotopic (exact) mass is 270 g/mol. The summed E-state index contributed by atoms with van der Waals surface area (Å²) in [6, 6.07) is 2.37. The molecule has 19 heavy (non-hydrogen) atoms. The highest BCUT2D eigenvalue weighted by atomic mass is 16.6. The Hall–Kier alpha value is -0.120. The first-order valence-corrected chi connectivity index (χ1v) is 7.91. The molecule has 1 saturated heterocycles. The molecule has 1 rings (SSSR count). The smallest absolute Gasteiger partial charge is 0.0981 e. The van der Waals surface area contributed by atoms with Gasteiger partial charge in [0.05, 0.1) is 12.2 Å². The van der Waals surface area contributed by atoms with Gasteiger partial charge in [-0.15, -0.1) is 0 Å². The van der Waals surface area contributed by atoms with E-state index in [1.807, 2.05) is 0 Å². The van der Waals surface area contributed by atoms with E-state index in [0.29, 0.717) is 36.4 Å². The Morgan fingerprint density at radius 3 is 1.11 bits per heavy atom. The van der Waals surface area contributed by atoms with Crippen LogP contribution in [0.15, 0.2) is 0 Å². The topological polar surface area (TPSA) is 19.0 Å². The Bertz CT molecular complexity index is 221. The zero-order valence-corrected chi connectivity index (χ0v) is 14.2. The summed E-state index contributed by atoms with van der Waals surface area (Å²) >= 11 is 0. The average molecular weight is 270 g/mol. The molecule has 2 atom stereocenters. The van der Waals surface area contributed by atoms with Crippen molar-refractivity contribution in [2.45, 2.75) is 91.8 Å². The van der Waals surface area contributed by atoms with E-state index < -0.39 is 0 Å². The third kappa shape index (κ3) is 5.05. The normalized spacial score (nSPS) is 23.7. The third-order valence-electron chi connectivity index (χ3n) is 4.12. The van der Waals surface area contributed by atoms with Crippen molar-refractivity contribution in [2.24, 2.45) is 0 Å². The molecule has 3 nitrogen and oxygen atoms in total. The van der Waals surface area contributed by atoms with Crippen molar-refractivity contribution < 1.29 is 4.74 Å². The summed E-state index contributed by atoms with van der Waals surface area (Å²) in [5.41, 5.74) is 0. The molecule has 114 valence electrons. The lowest BCUT2D eigenvalue weighted by Crippen LogP contribution is -2.42. The van der Waals surface area contributed by atoms with E-state index in [4.69, 9.17) is 4.74 Å². The largest absolute Gasteiger partial charge is 0.367 e. The number of nitrogens with zero attached hydrogens (tertiary/aromatic N) is 2. The van der Waals surface area contributed by atoms with Crippen LogP contribution in [0.1, 0.15) is 55.4 Å². The molecule has 3 heteroatoms. The van der Waals surface area contributed by atoms with Gasteiger partial charge in [-0.1, -0.05) is 0 Å². The van der Waals surface area contributed by atoms with E-state index in [1.54, 1.807) is 0 Å². The molecule has 2 unspecified atom stereocenters. The highest BCUT2D eigenvalue weighted by Crippen LogP contribution is 2.27. The molecule has 1 aliphatic heterocycles. The SMILES string of the molecule is CC(C)N(CC1OC1CN(C(C)C)C(C)C)C(C)C. The van der Waals surface area contributed by atoms with Gasteiger partial charge in [0.15, 0.2) is 0 Å². The zero-order chi connectivity index (χ0) is 14.7. The fourth-order valence-electron chi connectivity index (χ4n) is 2.95. The van der Waals surface area contributed by atoms with E-state index in [0.717, 1.165) is 13.1 Å². The molecule has 0 bridgehead atoms. The van der Waals surface area contributed by atoms with E-state index in [1.165, 1.54) is 0 Å². The summed E-state index contributed by atoms with van der Waals surface area (Å²) in [7, 11) is 0. The lowest BCUT2D eigenvalue weighted by molar-refractivity contribution is 0.155. The molecule has 0 saturated carbocycles. The van der Waals surface area contributed by atoms with Gasteiger partial charge in [0, 0.05) is 37.3 Å². The van der Waals surface area contributed by atoms with E-state index >= 15 is 0 Å². The van der Waals surface area contributed by atoms with Gasteiger partial charge in [0.25, 0.3) is 0 Å². The van der Waals surface area contributed by atoms with Crippen molar-refractivity contribution in [3.8, 4) is 0 Å². The molecule has 0 aromatic heterocycles. The van der Waals surface area contributed by atoms with Crippen LogP contribution in [0.2, 0.25) is 0 Å². The van der Waals surface area contributed by atoms with Gasteiger partial charge in [-0.3, -0.25) is 9.80 Å². The molecule has 0 spiro atoms.